The molecule has 3 amide bonds. The number of amides is 3. The third-order valence-corrected chi connectivity index (χ3v) is 3.16. The quantitative estimate of drug-likeness (QED) is 0.617. The van der Waals surface area contributed by atoms with E-state index in [1.54, 1.807) is 0 Å². The molecule has 2 unspecified atom stereocenters. The normalized spacial score (nSPS) is 27.5. The molecule has 2 aliphatic heterocycles. The monoisotopic (exact) mass is 255 g/mol. The van der Waals surface area contributed by atoms with Gasteiger partial charge >= 0.3 is 0 Å². The second-order valence-electron chi connectivity index (χ2n) is 4.57. The van der Waals surface area contributed by atoms with E-state index in [1.165, 1.54) is 7.05 Å². The Kier molecular flexibility index (Phi) is 3.81. The second-order valence-corrected chi connectivity index (χ2v) is 4.57. The van der Waals surface area contributed by atoms with Crippen LogP contribution in [0.3, 0.4) is 0 Å². The van der Waals surface area contributed by atoms with Crippen LogP contribution >= 0.6 is 0 Å². The average molecular weight is 255 g/mol. The minimum Gasteiger partial charge on any atom is -0.376 e. The van der Waals surface area contributed by atoms with Crippen molar-refractivity contribution in [3.05, 3.63) is 0 Å². The highest BCUT2D eigenvalue weighted by atomic mass is 16.5. The van der Waals surface area contributed by atoms with Crippen LogP contribution in [0.25, 0.3) is 0 Å². The molecule has 0 aromatic heterocycles. The van der Waals surface area contributed by atoms with Crippen LogP contribution in [0.5, 0.6) is 0 Å². The van der Waals surface area contributed by atoms with Crippen molar-refractivity contribution in [1.82, 2.24) is 15.8 Å². The molecule has 2 saturated heterocycles. The molecular formula is C11H17N3O4. The van der Waals surface area contributed by atoms with E-state index in [0.717, 1.165) is 24.5 Å². The molecule has 2 N–H and O–H groups in total. The number of carbonyl (C=O) groups is 3. The van der Waals surface area contributed by atoms with Gasteiger partial charge in [0.2, 0.25) is 5.91 Å². The summed E-state index contributed by atoms with van der Waals surface area (Å²) in [6, 6.07) is 0. The number of hydrogen-bond acceptors (Lipinski definition) is 4. The summed E-state index contributed by atoms with van der Waals surface area (Å²) in [6.45, 7) is 1.17. The van der Waals surface area contributed by atoms with E-state index in [0.29, 0.717) is 6.54 Å². The third kappa shape index (κ3) is 2.79. The second kappa shape index (κ2) is 5.34. The van der Waals surface area contributed by atoms with Crippen molar-refractivity contribution in [2.45, 2.75) is 25.4 Å². The van der Waals surface area contributed by atoms with E-state index < -0.39 is 11.8 Å². The van der Waals surface area contributed by atoms with Crippen LogP contribution in [0.4, 0.5) is 0 Å². The van der Waals surface area contributed by atoms with Crippen molar-refractivity contribution in [3.8, 4) is 0 Å². The number of nitrogens with one attached hydrogen (secondary N) is 2. The van der Waals surface area contributed by atoms with Crippen molar-refractivity contribution in [2.75, 3.05) is 20.2 Å². The summed E-state index contributed by atoms with van der Waals surface area (Å²) in [6.07, 6.45) is 1.90. The molecule has 0 bridgehead atoms. The number of nitrogens with zero attached hydrogens (tertiary/aromatic N) is 1. The maximum absolute atomic E-state index is 11.6. The van der Waals surface area contributed by atoms with Crippen molar-refractivity contribution in [3.63, 3.8) is 0 Å². The van der Waals surface area contributed by atoms with Gasteiger partial charge in [0, 0.05) is 26.6 Å². The Morgan fingerprint density at radius 3 is 2.89 bits per heavy atom. The van der Waals surface area contributed by atoms with Crippen LogP contribution in [0.2, 0.25) is 0 Å². The first kappa shape index (κ1) is 12.8. The number of rotatable bonds is 4. The van der Waals surface area contributed by atoms with E-state index in [1.807, 2.05) is 0 Å². The molecule has 2 aliphatic rings. The third-order valence-electron chi connectivity index (χ3n) is 3.16. The Morgan fingerprint density at radius 2 is 2.33 bits per heavy atom. The fourth-order valence-corrected chi connectivity index (χ4v) is 2.11. The largest absolute Gasteiger partial charge is 0.376 e. The van der Waals surface area contributed by atoms with Gasteiger partial charge in [0.25, 0.3) is 11.8 Å². The lowest BCUT2D eigenvalue weighted by atomic mass is 10.0. The summed E-state index contributed by atoms with van der Waals surface area (Å²) in [5, 5.41) is 3.80. The Labute approximate surface area is 105 Å². The summed E-state index contributed by atoms with van der Waals surface area (Å²) in [7, 11) is 1.46. The van der Waals surface area contributed by atoms with E-state index in [-0.39, 0.29) is 24.3 Å². The maximum atomic E-state index is 11.6. The molecular weight excluding hydrogens is 238 g/mol. The molecule has 2 rings (SSSR count). The average Bonchev–Trinajstić information content (AvgIpc) is 2.92. The summed E-state index contributed by atoms with van der Waals surface area (Å²) >= 11 is 0. The van der Waals surface area contributed by atoms with E-state index in [2.05, 4.69) is 10.7 Å². The lowest BCUT2D eigenvalue weighted by Crippen LogP contribution is -2.35. The van der Waals surface area contributed by atoms with Gasteiger partial charge in [-0.2, -0.15) is 0 Å². The summed E-state index contributed by atoms with van der Waals surface area (Å²) in [5.41, 5.74) is 2.36. The molecule has 100 valence electrons. The predicted molar refractivity (Wildman–Crippen MR) is 61.0 cm³/mol. The fraction of sp³-hybridized carbons (Fsp3) is 0.727. The Bertz CT molecular complexity index is 365. The standard InChI is InChI=1S/C11H17N3O4/c1-14-11(17)8(10(16)13-14)5-9(15)12-6-7-3-2-4-18-7/h7-8H,2-6H2,1H3,(H,12,15)(H,13,16). The van der Waals surface area contributed by atoms with Crippen molar-refractivity contribution >= 4 is 17.7 Å². The van der Waals surface area contributed by atoms with E-state index >= 15 is 0 Å². The Hall–Kier alpha value is -1.63. The Balaban J connectivity index is 1.76. The zero-order valence-corrected chi connectivity index (χ0v) is 10.3. The van der Waals surface area contributed by atoms with Crippen molar-refractivity contribution in [2.24, 2.45) is 5.92 Å². The van der Waals surface area contributed by atoms with Crippen LogP contribution in [0.1, 0.15) is 19.3 Å². The molecule has 0 aromatic rings. The van der Waals surface area contributed by atoms with Crippen molar-refractivity contribution in [1.29, 1.82) is 0 Å². The van der Waals surface area contributed by atoms with Gasteiger partial charge in [-0.3, -0.25) is 24.8 Å². The SMILES string of the molecule is CN1NC(=O)C(CC(=O)NCC2CCCO2)C1=O. The highest BCUT2D eigenvalue weighted by Gasteiger charge is 2.38. The summed E-state index contributed by atoms with van der Waals surface area (Å²) < 4.78 is 5.36. The summed E-state index contributed by atoms with van der Waals surface area (Å²) in [5.74, 6) is -1.99. The van der Waals surface area contributed by atoms with Gasteiger partial charge in [-0.15, -0.1) is 0 Å². The van der Waals surface area contributed by atoms with Gasteiger partial charge in [-0.1, -0.05) is 0 Å². The van der Waals surface area contributed by atoms with Gasteiger partial charge in [0.15, 0.2) is 0 Å². The van der Waals surface area contributed by atoms with Crippen molar-refractivity contribution < 1.29 is 19.1 Å². The van der Waals surface area contributed by atoms with Gasteiger partial charge in [0.05, 0.1) is 6.10 Å². The molecule has 0 spiro atoms. The van der Waals surface area contributed by atoms with Crippen LogP contribution in [-0.4, -0.2) is 49.0 Å². The molecule has 7 nitrogen and oxygen atoms in total. The number of carbonyl (C=O) groups excluding carboxylic acids is 3. The smallest absolute Gasteiger partial charge is 0.253 e. The number of hydrogen-bond donors (Lipinski definition) is 2. The van der Waals surface area contributed by atoms with Crippen LogP contribution in [0.15, 0.2) is 0 Å². The molecule has 2 heterocycles. The van der Waals surface area contributed by atoms with Gasteiger partial charge in [-0.05, 0) is 12.8 Å². The topological polar surface area (TPSA) is 87.7 Å². The Morgan fingerprint density at radius 1 is 1.56 bits per heavy atom. The van der Waals surface area contributed by atoms with Gasteiger partial charge in [0.1, 0.15) is 5.92 Å². The molecule has 0 radical (unpaired) electrons. The minimum atomic E-state index is -0.903. The highest BCUT2D eigenvalue weighted by Crippen LogP contribution is 2.14. The molecule has 7 heteroatoms. The lowest BCUT2D eigenvalue weighted by Gasteiger charge is -2.11. The molecule has 2 fully saturated rings. The molecule has 18 heavy (non-hydrogen) atoms. The zero-order chi connectivity index (χ0) is 13.1. The summed E-state index contributed by atoms with van der Waals surface area (Å²) in [4.78, 5) is 34.6. The van der Waals surface area contributed by atoms with Crippen LogP contribution in [-0.2, 0) is 19.1 Å². The van der Waals surface area contributed by atoms with E-state index in [9.17, 15) is 14.4 Å². The fourth-order valence-electron chi connectivity index (χ4n) is 2.11. The number of hydrazine groups is 1. The van der Waals surface area contributed by atoms with Gasteiger partial charge in [-0.25, -0.2) is 0 Å². The zero-order valence-electron chi connectivity index (χ0n) is 10.3. The number of ether oxygens (including phenoxy) is 1. The van der Waals surface area contributed by atoms with Crippen LogP contribution < -0.4 is 10.7 Å². The van der Waals surface area contributed by atoms with Crippen LogP contribution in [0, 0.1) is 5.92 Å². The van der Waals surface area contributed by atoms with E-state index in [4.69, 9.17) is 4.74 Å². The molecule has 0 aromatic carbocycles. The first-order chi connectivity index (χ1) is 8.58. The maximum Gasteiger partial charge on any atom is 0.253 e. The highest BCUT2D eigenvalue weighted by molar-refractivity contribution is 6.07. The first-order valence-electron chi connectivity index (χ1n) is 6.04. The lowest BCUT2D eigenvalue weighted by molar-refractivity contribution is -0.135. The molecule has 0 saturated carbocycles. The molecule has 0 aliphatic carbocycles. The molecule has 2 atom stereocenters. The minimum absolute atomic E-state index is 0.0599. The van der Waals surface area contributed by atoms with Gasteiger partial charge < -0.3 is 10.1 Å². The first-order valence-corrected chi connectivity index (χ1v) is 6.04. The predicted octanol–water partition coefficient (Wildman–Crippen LogP) is -1.21.